The molecule has 2 bridgehead atoms. The molecule has 0 aliphatic heterocycles. The third kappa shape index (κ3) is 2.93. The van der Waals surface area contributed by atoms with Gasteiger partial charge in [0.15, 0.2) is 0 Å². The summed E-state index contributed by atoms with van der Waals surface area (Å²) in [5.41, 5.74) is -0.0962. The van der Waals surface area contributed by atoms with Crippen molar-refractivity contribution in [1.29, 1.82) is 0 Å². The molecule has 0 saturated heterocycles. The van der Waals surface area contributed by atoms with Crippen molar-refractivity contribution in [2.75, 3.05) is 13.1 Å². The molecule has 0 aromatic carbocycles. The van der Waals surface area contributed by atoms with Gasteiger partial charge in [-0.2, -0.15) is 0 Å². The minimum atomic E-state index is -0.0962. The predicted octanol–water partition coefficient (Wildman–Crippen LogP) is 1.80. The highest BCUT2D eigenvalue weighted by Gasteiger charge is 2.59. The molecule has 21 heavy (non-hydrogen) atoms. The van der Waals surface area contributed by atoms with Crippen LogP contribution in [-0.4, -0.2) is 37.4 Å². The zero-order valence-corrected chi connectivity index (χ0v) is 12.1. The lowest BCUT2D eigenvalue weighted by Gasteiger charge is -2.39. The summed E-state index contributed by atoms with van der Waals surface area (Å²) in [6, 6.07) is -0.0687. The Morgan fingerprint density at radius 3 is 2.57 bits per heavy atom. The molecule has 2 fully saturated rings. The Kier molecular flexibility index (Phi) is 4.98. The number of aliphatic imine (C=N–C) groups is 3. The Balaban J connectivity index is 2.10. The molecule has 0 aromatic heterocycles. The molecule has 112 valence electrons. The fourth-order valence-corrected chi connectivity index (χ4v) is 4.46. The average molecular weight is 289 g/mol. The molecule has 6 nitrogen and oxygen atoms in total. The molecule has 6 heteroatoms. The zero-order chi connectivity index (χ0) is 15.3. The lowest BCUT2D eigenvalue weighted by Crippen LogP contribution is -2.40. The van der Waals surface area contributed by atoms with Gasteiger partial charge in [-0.05, 0) is 48.9 Å². The highest BCUT2D eigenvalue weighted by Crippen LogP contribution is 2.62. The van der Waals surface area contributed by atoms with Crippen molar-refractivity contribution in [3.8, 4) is 0 Å². The van der Waals surface area contributed by atoms with Gasteiger partial charge in [-0.15, -0.1) is 0 Å². The summed E-state index contributed by atoms with van der Waals surface area (Å²) in [5.74, 6) is 1.09. The van der Waals surface area contributed by atoms with Gasteiger partial charge in [0.2, 0.25) is 18.2 Å². The molecular weight excluding hydrogens is 270 g/mol. The maximum absolute atomic E-state index is 10.8. The summed E-state index contributed by atoms with van der Waals surface area (Å²) in [5, 5.41) is 0. The van der Waals surface area contributed by atoms with E-state index in [4.69, 9.17) is 0 Å². The van der Waals surface area contributed by atoms with Crippen molar-refractivity contribution >= 4 is 18.2 Å². The van der Waals surface area contributed by atoms with E-state index in [1.165, 1.54) is 0 Å². The maximum atomic E-state index is 10.8. The van der Waals surface area contributed by atoms with Crippen molar-refractivity contribution in [2.24, 2.45) is 38.1 Å². The molecule has 0 aromatic rings. The molecule has 2 aliphatic rings. The summed E-state index contributed by atoms with van der Waals surface area (Å²) < 4.78 is 0. The maximum Gasteiger partial charge on any atom is 0.235 e. The third-order valence-electron chi connectivity index (χ3n) is 5.35. The molecule has 0 heterocycles. The molecular formula is C15H19N3O3. The normalized spacial score (nSPS) is 36.4. The quantitative estimate of drug-likeness (QED) is 0.406. The zero-order valence-electron chi connectivity index (χ0n) is 12.1. The molecule has 2 saturated carbocycles. The van der Waals surface area contributed by atoms with E-state index in [1.54, 1.807) is 18.2 Å². The fourth-order valence-electron chi connectivity index (χ4n) is 4.46. The average Bonchev–Trinajstić information content (AvgIpc) is 2.93. The molecule has 0 amide bonds. The summed E-state index contributed by atoms with van der Waals surface area (Å²) in [6.45, 7) is 3.07. The summed E-state index contributed by atoms with van der Waals surface area (Å²) >= 11 is 0. The Bertz CT molecular complexity index is 530. The van der Waals surface area contributed by atoms with Gasteiger partial charge in [-0.3, -0.25) is 0 Å². The van der Waals surface area contributed by atoms with E-state index in [2.05, 4.69) is 21.9 Å². The van der Waals surface area contributed by atoms with Crippen LogP contribution in [0.2, 0.25) is 0 Å². The summed E-state index contributed by atoms with van der Waals surface area (Å²) in [7, 11) is 0. The lowest BCUT2D eigenvalue weighted by atomic mass is 9.68. The van der Waals surface area contributed by atoms with Crippen LogP contribution in [0.3, 0.4) is 0 Å². The first-order valence-corrected chi connectivity index (χ1v) is 7.31. The van der Waals surface area contributed by atoms with Gasteiger partial charge in [-0.1, -0.05) is 6.92 Å². The van der Waals surface area contributed by atoms with Gasteiger partial charge in [0.1, 0.15) is 0 Å². The highest BCUT2D eigenvalue weighted by molar-refractivity contribution is 5.36. The molecule has 5 unspecified atom stereocenters. The van der Waals surface area contributed by atoms with Gasteiger partial charge in [-0.25, -0.2) is 29.4 Å². The number of nitrogens with zero attached hydrogens (tertiary/aromatic N) is 3. The van der Waals surface area contributed by atoms with Crippen LogP contribution in [0.1, 0.15) is 32.6 Å². The highest BCUT2D eigenvalue weighted by atomic mass is 16.1. The van der Waals surface area contributed by atoms with Gasteiger partial charge < -0.3 is 0 Å². The van der Waals surface area contributed by atoms with E-state index in [-0.39, 0.29) is 17.4 Å². The number of hydrogen-bond donors (Lipinski definition) is 0. The number of rotatable bonds is 7. The Labute approximate surface area is 123 Å². The first-order chi connectivity index (χ1) is 10.2. The fraction of sp³-hybridized carbons (Fsp3) is 0.800. The molecule has 2 rings (SSSR count). The number of hydrogen-bond acceptors (Lipinski definition) is 6. The molecule has 0 radical (unpaired) electrons. The SMILES string of the molecule is CC12CC(CC1CN=C=O)C(CCCN=C=O)C2N=C=O. The topological polar surface area (TPSA) is 88.3 Å². The Hall–Kier alpha value is -1.86. The number of fused-ring (bicyclic) bond motifs is 2. The van der Waals surface area contributed by atoms with Crippen LogP contribution in [-0.2, 0) is 14.4 Å². The lowest BCUT2D eigenvalue weighted by molar-refractivity contribution is 0.137. The standard InChI is InChI=1S/C15H19N3O3/c1-15-6-11(5-12(15)7-17-9-20)13(14(15)18-10-21)3-2-4-16-8-19/h11-14H,2-7H2,1H3. The second-order valence-electron chi connectivity index (χ2n) is 6.28. The first-order valence-electron chi connectivity index (χ1n) is 7.31. The van der Waals surface area contributed by atoms with Crippen LogP contribution >= 0.6 is 0 Å². The van der Waals surface area contributed by atoms with Crippen LogP contribution in [0.4, 0.5) is 0 Å². The smallest absolute Gasteiger partial charge is 0.211 e. The minimum absolute atomic E-state index is 0.0687. The minimum Gasteiger partial charge on any atom is -0.211 e. The third-order valence-corrected chi connectivity index (χ3v) is 5.35. The monoisotopic (exact) mass is 289 g/mol. The van der Waals surface area contributed by atoms with Crippen LogP contribution in [0, 0.1) is 23.2 Å². The second kappa shape index (κ2) is 6.73. The summed E-state index contributed by atoms with van der Waals surface area (Å²) in [6.07, 6.45) is 8.55. The van der Waals surface area contributed by atoms with Crippen LogP contribution in [0.25, 0.3) is 0 Å². The van der Waals surface area contributed by atoms with Crippen molar-refractivity contribution in [3.63, 3.8) is 0 Å². The van der Waals surface area contributed by atoms with Crippen molar-refractivity contribution in [3.05, 3.63) is 0 Å². The second-order valence-corrected chi connectivity index (χ2v) is 6.28. The Morgan fingerprint density at radius 2 is 1.90 bits per heavy atom. The largest absolute Gasteiger partial charge is 0.235 e. The summed E-state index contributed by atoms with van der Waals surface area (Å²) in [4.78, 5) is 42.5. The number of carbonyl (C=O) groups excluding carboxylic acids is 3. The van der Waals surface area contributed by atoms with Crippen molar-refractivity contribution in [2.45, 2.75) is 38.6 Å². The van der Waals surface area contributed by atoms with Crippen LogP contribution < -0.4 is 0 Å². The molecule has 0 N–H and O–H groups in total. The van der Waals surface area contributed by atoms with Crippen molar-refractivity contribution in [1.82, 2.24) is 0 Å². The van der Waals surface area contributed by atoms with Crippen molar-refractivity contribution < 1.29 is 14.4 Å². The van der Waals surface area contributed by atoms with E-state index in [9.17, 15) is 14.4 Å². The van der Waals surface area contributed by atoms with E-state index >= 15 is 0 Å². The molecule has 5 atom stereocenters. The van der Waals surface area contributed by atoms with Crippen LogP contribution in [0.5, 0.6) is 0 Å². The van der Waals surface area contributed by atoms with Gasteiger partial charge >= 0.3 is 0 Å². The van der Waals surface area contributed by atoms with Gasteiger partial charge in [0.05, 0.1) is 19.1 Å². The van der Waals surface area contributed by atoms with Gasteiger partial charge in [0, 0.05) is 0 Å². The van der Waals surface area contributed by atoms with Crippen LogP contribution in [0.15, 0.2) is 15.0 Å². The van der Waals surface area contributed by atoms with E-state index in [0.717, 1.165) is 25.7 Å². The van der Waals surface area contributed by atoms with Gasteiger partial charge in [0.25, 0.3) is 0 Å². The molecule has 2 aliphatic carbocycles. The first kappa shape index (κ1) is 15.5. The van der Waals surface area contributed by atoms with E-state index in [1.807, 2.05) is 0 Å². The van der Waals surface area contributed by atoms with E-state index in [0.29, 0.717) is 24.9 Å². The van der Waals surface area contributed by atoms with E-state index < -0.39 is 0 Å². The predicted molar refractivity (Wildman–Crippen MR) is 74.9 cm³/mol. The molecule has 0 spiro atoms. The number of isocyanates is 3. The Morgan fingerprint density at radius 1 is 1.14 bits per heavy atom.